The largest absolute Gasteiger partial charge is 2.00 e. The second-order valence-electron chi connectivity index (χ2n) is 9.74. The van der Waals surface area contributed by atoms with Gasteiger partial charge in [0, 0.05) is 0 Å². The van der Waals surface area contributed by atoms with Gasteiger partial charge in [-0.05, 0) is 107 Å². The molecule has 4 nitrogen and oxygen atoms in total. The van der Waals surface area contributed by atoms with E-state index < -0.39 is 0 Å². The van der Waals surface area contributed by atoms with Gasteiger partial charge < -0.3 is 10.2 Å². The summed E-state index contributed by atoms with van der Waals surface area (Å²) in [7, 11) is 0. The number of rotatable bonds is 9. The molecule has 0 N–H and O–H groups in total. The summed E-state index contributed by atoms with van der Waals surface area (Å²) in [6.07, 6.45) is 5.99. The molecule has 0 unspecified atom stereocenters. The fourth-order valence-corrected chi connectivity index (χ4v) is 3.79. The van der Waals surface area contributed by atoms with Crippen molar-refractivity contribution in [1.29, 1.82) is 0 Å². The zero-order valence-corrected chi connectivity index (χ0v) is 25.0. The molecule has 0 fully saturated rings. The number of aliphatic imine (C=N–C) groups is 2. The molecule has 0 amide bonds. The fourth-order valence-electron chi connectivity index (χ4n) is 3.79. The molecule has 0 heterocycles. The molecule has 0 spiro atoms. The van der Waals surface area contributed by atoms with Crippen molar-refractivity contribution in [3.63, 3.8) is 0 Å². The van der Waals surface area contributed by atoms with E-state index in [0.717, 1.165) is 61.3 Å². The van der Waals surface area contributed by atoms with Crippen LogP contribution in [0, 0.1) is 27.7 Å². The Balaban J connectivity index is 0.000000468. The monoisotopic (exact) mass is 556 g/mol. The fraction of sp³-hybridized carbons (Fsp3) is 0.394. The smallest absolute Gasteiger partial charge is 0.873 e. The normalized spacial score (nSPS) is 11.4. The van der Waals surface area contributed by atoms with Gasteiger partial charge in [0.1, 0.15) is 0 Å². The number of unbranched alkanes of at least 4 members (excludes halogenated alkanes) is 2. The molecule has 0 saturated carbocycles. The summed E-state index contributed by atoms with van der Waals surface area (Å²) in [5.74, 6) is -0.713. The van der Waals surface area contributed by atoms with Crippen LogP contribution in [0.1, 0.15) is 80.7 Å². The van der Waals surface area contributed by atoms with Crippen molar-refractivity contribution in [2.24, 2.45) is 9.98 Å². The van der Waals surface area contributed by atoms with Crippen LogP contribution < -0.4 is 10.2 Å². The molecular formula is C33H42N2NiO2. The van der Waals surface area contributed by atoms with Crippen LogP contribution in [0.5, 0.6) is 11.5 Å². The first-order valence-corrected chi connectivity index (χ1v) is 13.4. The maximum atomic E-state index is 11.2. The summed E-state index contributed by atoms with van der Waals surface area (Å²) in [5, 5.41) is 22.1. The van der Waals surface area contributed by atoms with Crippen molar-refractivity contribution >= 4 is 22.8 Å². The molecule has 3 aromatic rings. The summed E-state index contributed by atoms with van der Waals surface area (Å²) < 4.78 is 0. The Hall–Kier alpha value is -2.91. The van der Waals surface area contributed by atoms with E-state index in [2.05, 4.69) is 84.9 Å². The van der Waals surface area contributed by atoms with Crippen molar-refractivity contribution in [3.05, 3.63) is 82.4 Å². The minimum absolute atomic E-state index is 0. The first-order chi connectivity index (χ1) is 17.7. The van der Waals surface area contributed by atoms with E-state index in [1.54, 1.807) is 12.1 Å². The van der Waals surface area contributed by atoms with E-state index in [1.165, 1.54) is 28.3 Å². The van der Waals surface area contributed by atoms with Crippen LogP contribution in [0.25, 0.3) is 0 Å². The maximum Gasteiger partial charge on any atom is 2.00 e. The Kier molecular flexibility index (Phi) is 14.7. The Labute approximate surface area is 239 Å². The molecule has 3 rings (SSSR count). The number of para-hydroxylation sites is 1. The predicted octanol–water partition coefficient (Wildman–Crippen LogP) is 8.15. The van der Waals surface area contributed by atoms with Crippen molar-refractivity contribution < 1.29 is 26.7 Å². The molecule has 0 aliphatic rings. The van der Waals surface area contributed by atoms with Crippen LogP contribution in [0.3, 0.4) is 0 Å². The Bertz CT molecular complexity index is 1230. The predicted molar refractivity (Wildman–Crippen MR) is 155 cm³/mol. The van der Waals surface area contributed by atoms with Gasteiger partial charge >= 0.3 is 16.5 Å². The van der Waals surface area contributed by atoms with Crippen molar-refractivity contribution in [3.8, 4) is 11.5 Å². The van der Waals surface area contributed by atoms with Gasteiger partial charge in [-0.25, -0.2) is 0 Å². The first kappa shape index (κ1) is 33.1. The van der Waals surface area contributed by atoms with E-state index >= 15 is 0 Å². The standard InChI is InChI=1S/C23H30N2.C10H14O2.Ni/c1-7-8-9-23(25-22-13-11-17(3)19(5)15-22)20(6)24-21-12-10-16(2)18(4)14-21;1-2-3-5-8-6-4-7-9(11)10(8)12;/h10-15H,7-9H2,1-6H3;4,6-7,11-12H,2-3,5H2,1H3;/q;;+2/p-2. The third-order valence-electron chi connectivity index (χ3n) is 6.59. The van der Waals surface area contributed by atoms with Crippen molar-refractivity contribution in [2.45, 2.75) is 87.0 Å². The molecule has 0 saturated heterocycles. The van der Waals surface area contributed by atoms with Crippen LogP contribution in [-0.4, -0.2) is 11.4 Å². The molecule has 0 bridgehead atoms. The van der Waals surface area contributed by atoms with Gasteiger partial charge in [0.15, 0.2) is 0 Å². The average molecular weight is 557 g/mol. The summed E-state index contributed by atoms with van der Waals surface area (Å²) in [5.41, 5.74) is 9.92. The summed E-state index contributed by atoms with van der Waals surface area (Å²) >= 11 is 0. The van der Waals surface area contributed by atoms with Gasteiger partial charge in [0.2, 0.25) is 0 Å². The van der Waals surface area contributed by atoms with Gasteiger partial charge in [0.25, 0.3) is 0 Å². The molecular weight excluding hydrogens is 515 g/mol. The number of benzene rings is 3. The minimum atomic E-state index is -0.386. The van der Waals surface area contributed by atoms with Gasteiger partial charge in [-0.1, -0.05) is 62.6 Å². The topological polar surface area (TPSA) is 70.8 Å². The van der Waals surface area contributed by atoms with E-state index in [4.69, 9.17) is 9.98 Å². The van der Waals surface area contributed by atoms with Crippen LogP contribution in [0.2, 0.25) is 0 Å². The Morgan fingerprint density at radius 1 is 0.711 bits per heavy atom. The molecule has 0 atom stereocenters. The average Bonchev–Trinajstić information content (AvgIpc) is 2.87. The summed E-state index contributed by atoms with van der Waals surface area (Å²) in [4.78, 5) is 9.76. The second-order valence-corrected chi connectivity index (χ2v) is 9.74. The van der Waals surface area contributed by atoms with Gasteiger partial charge in [-0.15, -0.1) is 11.5 Å². The number of hydrogen-bond donors (Lipinski definition) is 0. The van der Waals surface area contributed by atoms with Crippen LogP contribution in [-0.2, 0) is 22.9 Å². The third kappa shape index (κ3) is 10.5. The minimum Gasteiger partial charge on any atom is -0.873 e. The molecule has 0 aliphatic carbocycles. The molecule has 38 heavy (non-hydrogen) atoms. The van der Waals surface area contributed by atoms with Crippen LogP contribution >= 0.6 is 0 Å². The Morgan fingerprint density at radius 2 is 1.26 bits per heavy atom. The van der Waals surface area contributed by atoms with Crippen molar-refractivity contribution in [2.75, 3.05) is 0 Å². The first-order valence-electron chi connectivity index (χ1n) is 13.4. The Morgan fingerprint density at radius 3 is 1.79 bits per heavy atom. The molecule has 0 aromatic heterocycles. The molecule has 206 valence electrons. The third-order valence-corrected chi connectivity index (χ3v) is 6.59. The van der Waals surface area contributed by atoms with Crippen LogP contribution in [0.4, 0.5) is 11.4 Å². The molecule has 0 radical (unpaired) electrons. The zero-order valence-electron chi connectivity index (χ0n) is 24.0. The second kappa shape index (κ2) is 16.8. The van der Waals surface area contributed by atoms with E-state index in [1.807, 2.05) is 0 Å². The van der Waals surface area contributed by atoms with Crippen LogP contribution in [0.15, 0.2) is 64.6 Å². The van der Waals surface area contributed by atoms with Gasteiger partial charge in [-0.2, -0.15) is 0 Å². The van der Waals surface area contributed by atoms with E-state index in [-0.39, 0.29) is 28.0 Å². The molecule has 5 heteroatoms. The molecule has 0 aliphatic heterocycles. The quantitative estimate of drug-likeness (QED) is 0.197. The number of nitrogens with zero attached hydrogens (tertiary/aromatic N) is 2. The van der Waals surface area contributed by atoms with Crippen molar-refractivity contribution in [1.82, 2.24) is 0 Å². The zero-order chi connectivity index (χ0) is 27.4. The summed E-state index contributed by atoms with van der Waals surface area (Å²) in [6, 6.07) is 17.5. The summed E-state index contributed by atoms with van der Waals surface area (Å²) in [6.45, 7) is 14.9. The van der Waals surface area contributed by atoms with Gasteiger partial charge in [0.05, 0.1) is 22.8 Å². The SMILES string of the molecule is CCCCC(=Nc1ccc(C)c(C)c1)C(C)=Nc1ccc(C)c(C)c1.CCCCc1cccc([O-])c1[O-].[Ni+2]. The van der Waals surface area contributed by atoms with E-state index in [9.17, 15) is 10.2 Å². The van der Waals surface area contributed by atoms with E-state index in [0.29, 0.717) is 5.56 Å². The molecule has 3 aromatic carbocycles. The van der Waals surface area contributed by atoms with Gasteiger partial charge in [-0.3, -0.25) is 9.98 Å². The number of aryl methyl sites for hydroxylation is 5. The number of hydrogen-bond acceptors (Lipinski definition) is 4. The maximum absolute atomic E-state index is 11.2.